The van der Waals surface area contributed by atoms with E-state index >= 15 is 0 Å². The van der Waals surface area contributed by atoms with E-state index in [1.54, 1.807) is 19.5 Å². The van der Waals surface area contributed by atoms with Gasteiger partial charge in [0, 0.05) is 44.0 Å². The molecule has 0 unspecified atom stereocenters. The third-order valence-electron chi connectivity index (χ3n) is 7.41. The van der Waals surface area contributed by atoms with Crippen molar-refractivity contribution in [3.63, 3.8) is 0 Å². The summed E-state index contributed by atoms with van der Waals surface area (Å²) in [6.45, 7) is 3.52. The highest BCUT2D eigenvalue weighted by Crippen LogP contribution is 2.36. The Bertz CT molecular complexity index is 973. The first-order valence-corrected chi connectivity index (χ1v) is 12.5. The summed E-state index contributed by atoms with van der Waals surface area (Å²) in [4.78, 5) is 27.0. The van der Waals surface area contributed by atoms with Gasteiger partial charge in [-0.3, -0.25) is 14.7 Å². The van der Waals surface area contributed by atoms with Crippen LogP contribution in [0.5, 0.6) is 17.4 Å². The maximum absolute atomic E-state index is 13.5. The molecule has 0 radical (unpaired) electrons. The first-order valence-electron chi connectivity index (χ1n) is 12.5. The maximum Gasteiger partial charge on any atom is 0.242 e. The second-order valence-corrected chi connectivity index (χ2v) is 9.37. The number of piperidine rings is 1. The van der Waals surface area contributed by atoms with Crippen LogP contribution < -0.4 is 9.47 Å². The Labute approximate surface area is 201 Å². The molecule has 1 atom stereocenters. The number of rotatable bonds is 6. The van der Waals surface area contributed by atoms with Crippen molar-refractivity contribution >= 4 is 5.91 Å². The van der Waals surface area contributed by atoms with E-state index in [2.05, 4.69) is 14.9 Å². The van der Waals surface area contributed by atoms with Crippen molar-refractivity contribution in [3.8, 4) is 17.4 Å². The summed E-state index contributed by atoms with van der Waals surface area (Å²) < 4.78 is 17.3. The average molecular weight is 467 g/mol. The molecule has 2 aromatic rings. The molecule has 8 heteroatoms. The zero-order valence-electron chi connectivity index (χ0n) is 19.9. The summed E-state index contributed by atoms with van der Waals surface area (Å²) in [6.07, 6.45) is 9.97. The van der Waals surface area contributed by atoms with Crippen LogP contribution in [0, 0.1) is 0 Å². The number of carbonyl (C=O) groups excluding carboxylic acids is 1. The van der Waals surface area contributed by atoms with Crippen molar-refractivity contribution in [2.45, 2.75) is 56.5 Å². The van der Waals surface area contributed by atoms with E-state index in [1.165, 1.54) is 25.7 Å². The summed E-state index contributed by atoms with van der Waals surface area (Å²) in [5.74, 6) is 2.18. The fourth-order valence-electron chi connectivity index (χ4n) is 5.59. The van der Waals surface area contributed by atoms with Gasteiger partial charge in [-0.25, -0.2) is 4.98 Å². The maximum atomic E-state index is 13.5. The molecule has 1 aliphatic carbocycles. The second-order valence-electron chi connectivity index (χ2n) is 9.37. The van der Waals surface area contributed by atoms with Gasteiger partial charge in [0.2, 0.25) is 11.8 Å². The predicted octanol–water partition coefficient (Wildman–Crippen LogP) is 3.63. The van der Waals surface area contributed by atoms with Gasteiger partial charge in [0.1, 0.15) is 11.7 Å². The molecule has 2 saturated heterocycles. The van der Waals surface area contributed by atoms with Gasteiger partial charge in [0.25, 0.3) is 0 Å². The molecule has 0 bridgehead atoms. The van der Waals surface area contributed by atoms with Crippen molar-refractivity contribution in [1.82, 2.24) is 19.8 Å². The number of ether oxygens (including phenoxy) is 3. The fraction of sp³-hybridized carbons (Fsp3) is 0.577. The number of benzene rings is 1. The van der Waals surface area contributed by atoms with Crippen LogP contribution in [-0.4, -0.2) is 77.7 Å². The Kier molecular flexibility index (Phi) is 7.25. The van der Waals surface area contributed by atoms with Crippen molar-refractivity contribution in [2.24, 2.45) is 0 Å². The van der Waals surface area contributed by atoms with Gasteiger partial charge < -0.3 is 19.1 Å². The van der Waals surface area contributed by atoms with Gasteiger partial charge >= 0.3 is 0 Å². The molecular formula is C26H34N4O4. The van der Waals surface area contributed by atoms with E-state index in [-0.39, 0.29) is 17.9 Å². The Morgan fingerprint density at radius 3 is 2.50 bits per heavy atom. The van der Waals surface area contributed by atoms with Crippen LogP contribution in [0.4, 0.5) is 0 Å². The Hall–Kier alpha value is -2.71. The topological polar surface area (TPSA) is 77.0 Å². The second kappa shape index (κ2) is 10.7. The zero-order valence-corrected chi connectivity index (χ0v) is 19.9. The molecule has 0 N–H and O–H groups in total. The lowest BCUT2D eigenvalue weighted by atomic mass is 9.92. The molecule has 1 saturated carbocycles. The predicted molar refractivity (Wildman–Crippen MR) is 127 cm³/mol. The third-order valence-corrected chi connectivity index (χ3v) is 7.41. The third kappa shape index (κ3) is 4.88. The van der Waals surface area contributed by atoms with E-state index in [4.69, 9.17) is 14.2 Å². The van der Waals surface area contributed by atoms with Crippen LogP contribution >= 0.6 is 0 Å². The number of para-hydroxylation sites is 2. The SMILES string of the molecule is COc1ccccc1Oc1nccnc1C1CCN(C(=O)[C@@H]2COCCN2C2CCCC2)CC1. The number of morpholine rings is 1. The number of likely N-dealkylation sites (tertiary alicyclic amines) is 1. The molecule has 1 amide bonds. The minimum Gasteiger partial charge on any atom is -0.493 e. The van der Waals surface area contributed by atoms with Gasteiger partial charge in [-0.1, -0.05) is 25.0 Å². The monoisotopic (exact) mass is 466 g/mol. The molecule has 3 fully saturated rings. The van der Waals surface area contributed by atoms with Crippen molar-refractivity contribution in [3.05, 3.63) is 42.4 Å². The van der Waals surface area contributed by atoms with Crippen molar-refractivity contribution in [2.75, 3.05) is 40.0 Å². The molecule has 1 aromatic heterocycles. The smallest absolute Gasteiger partial charge is 0.242 e. The van der Waals surface area contributed by atoms with Gasteiger partial charge in [-0.2, -0.15) is 0 Å². The Morgan fingerprint density at radius 1 is 1.00 bits per heavy atom. The number of amides is 1. The van der Waals surface area contributed by atoms with E-state index in [9.17, 15) is 4.79 Å². The number of aromatic nitrogens is 2. The molecule has 3 aliphatic rings. The highest BCUT2D eigenvalue weighted by Gasteiger charge is 2.38. The molecule has 1 aromatic carbocycles. The lowest BCUT2D eigenvalue weighted by Crippen LogP contribution is -2.58. The molecule has 34 heavy (non-hydrogen) atoms. The first-order chi connectivity index (χ1) is 16.7. The van der Waals surface area contributed by atoms with E-state index < -0.39 is 0 Å². The van der Waals surface area contributed by atoms with Crippen LogP contribution in [0.2, 0.25) is 0 Å². The number of hydrogen-bond donors (Lipinski definition) is 0. The summed E-state index contributed by atoms with van der Waals surface area (Å²) in [5, 5.41) is 0. The van der Waals surface area contributed by atoms with Gasteiger partial charge in [0.15, 0.2) is 11.5 Å². The summed E-state index contributed by atoms with van der Waals surface area (Å²) >= 11 is 0. The summed E-state index contributed by atoms with van der Waals surface area (Å²) in [5.41, 5.74) is 0.842. The summed E-state index contributed by atoms with van der Waals surface area (Å²) in [6, 6.07) is 7.92. The molecular weight excluding hydrogens is 432 g/mol. The van der Waals surface area contributed by atoms with Gasteiger partial charge in [-0.15, -0.1) is 0 Å². The zero-order chi connectivity index (χ0) is 23.3. The number of nitrogens with zero attached hydrogens (tertiary/aromatic N) is 4. The normalized spacial score (nSPS) is 22.6. The Balaban J connectivity index is 1.24. The first kappa shape index (κ1) is 23.1. The van der Waals surface area contributed by atoms with Crippen LogP contribution in [0.1, 0.15) is 50.1 Å². The minimum atomic E-state index is -0.144. The highest BCUT2D eigenvalue weighted by molar-refractivity contribution is 5.82. The van der Waals surface area contributed by atoms with Crippen molar-refractivity contribution in [1.29, 1.82) is 0 Å². The van der Waals surface area contributed by atoms with Crippen LogP contribution in [0.15, 0.2) is 36.7 Å². The number of methoxy groups -OCH3 is 1. The van der Waals surface area contributed by atoms with E-state index in [0.29, 0.717) is 43.1 Å². The molecule has 5 rings (SSSR count). The highest BCUT2D eigenvalue weighted by atomic mass is 16.5. The van der Waals surface area contributed by atoms with Gasteiger partial charge in [-0.05, 0) is 37.8 Å². The molecule has 3 heterocycles. The number of carbonyl (C=O) groups is 1. The molecule has 0 spiro atoms. The standard InChI is InChI=1S/C26H34N4O4/c1-32-22-8-4-5-9-23(22)34-25-24(27-12-13-28-25)19-10-14-29(15-11-19)26(31)21-18-33-17-16-30(21)20-6-2-3-7-20/h4-5,8-9,12-13,19-21H,2-3,6-7,10-11,14-18H2,1H3/t21-/m0/s1. The summed E-state index contributed by atoms with van der Waals surface area (Å²) in [7, 11) is 1.62. The minimum absolute atomic E-state index is 0.144. The van der Waals surface area contributed by atoms with Crippen LogP contribution in [0.3, 0.4) is 0 Å². The lowest BCUT2D eigenvalue weighted by Gasteiger charge is -2.42. The molecule has 8 nitrogen and oxygen atoms in total. The van der Waals surface area contributed by atoms with E-state index in [1.807, 2.05) is 29.2 Å². The number of hydrogen-bond acceptors (Lipinski definition) is 7. The van der Waals surface area contributed by atoms with Crippen LogP contribution in [0.25, 0.3) is 0 Å². The fourth-order valence-corrected chi connectivity index (χ4v) is 5.59. The molecule has 2 aliphatic heterocycles. The molecule has 182 valence electrons. The van der Waals surface area contributed by atoms with Gasteiger partial charge in [0.05, 0.1) is 20.3 Å². The Morgan fingerprint density at radius 2 is 1.74 bits per heavy atom. The average Bonchev–Trinajstić information content (AvgIpc) is 3.44. The quantitative estimate of drug-likeness (QED) is 0.643. The van der Waals surface area contributed by atoms with Crippen LogP contribution in [-0.2, 0) is 9.53 Å². The van der Waals surface area contributed by atoms with E-state index in [0.717, 1.165) is 31.7 Å². The van der Waals surface area contributed by atoms with Crippen molar-refractivity contribution < 1.29 is 19.0 Å². The lowest BCUT2D eigenvalue weighted by molar-refractivity contribution is -0.146. The largest absolute Gasteiger partial charge is 0.493 e.